The molecule has 0 radical (unpaired) electrons. The molecule has 0 spiro atoms. The first-order valence-corrected chi connectivity index (χ1v) is 8.16. The standard InChI is InChI=1S/C19H21N3O2.ClH/c23-18(22-12-10-20-11-13-22)14-21-19(24)17-8-6-16(7-9-17)15-4-2-1-3-5-15;/h1-9,20H,10-14H2,(H,21,24);1H. The highest BCUT2D eigenvalue weighted by Crippen LogP contribution is 2.19. The first-order chi connectivity index (χ1) is 11.7. The maximum absolute atomic E-state index is 12.2. The van der Waals surface area contributed by atoms with E-state index in [0.717, 1.165) is 24.2 Å². The van der Waals surface area contributed by atoms with Crippen molar-refractivity contribution >= 4 is 24.2 Å². The van der Waals surface area contributed by atoms with Gasteiger partial charge in [0.15, 0.2) is 0 Å². The normalized spacial score (nSPS) is 13.7. The van der Waals surface area contributed by atoms with Crippen LogP contribution in [0.4, 0.5) is 0 Å². The maximum Gasteiger partial charge on any atom is 0.251 e. The van der Waals surface area contributed by atoms with Crippen molar-refractivity contribution in [3.8, 4) is 11.1 Å². The van der Waals surface area contributed by atoms with E-state index in [1.165, 1.54) is 0 Å². The van der Waals surface area contributed by atoms with Gasteiger partial charge in [-0.1, -0.05) is 42.5 Å². The van der Waals surface area contributed by atoms with Crippen molar-refractivity contribution < 1.29 is 9.59 Å². The summed E-state index contributed by atoms with van der Waals surface area (Å²) >= 11 is 0. The van der Waals surface area contributed by atoms with Gasteiger partial charge in [-0.3, -0.25) is 9.59 Å². The van der Waals surface area contributed by atoms with E-state index in [4.69, 9.17) is 0 Å². The zero-order valence-corrected chi connectivity index (χ0v) is 14.7. The smallest absolute Gasteiger partial charge is 0.251 e. The lowest BCUT2D eigenvalue weighted by molar-refractivity contribution is -0.130. The zero-order chi connectivity index (χ0) is 16.8. The molecule has 0 bridgehead atoms. The summed E-state index contributed by atoms with van der Waals surface area (Å²) in [7, 11) is 0. The highest BCUT2D eigenvalue weighted by Gasteiger charge is 2.16. The number of rotatable bonds is 4. The molecule has 0 aromatic heterocycles. The molecule has 1 heterocycles. The summed E-state index contributed by atoms with van der Waals surface area (Å²) in [5.41, 5.74) is 2.73. The lowest BCUT2D eigenvalue weighted by Gasteiger charge is -2.27. The number of nitrogens with one attached hydrogen (secondary N) is 2. The van der Waals surface area contributed by atoms with Gasteiger partial charge in [-0.05, 0) is 23.3 Å². The highest BCUT2D eigenvalue weighted by molar-refractivity contribution is 5.96. The second-order valence-corrected chi connectivity index (χ2v) is 5.76. The van der Waals surface area contributed by atoms with Gasteiger partial charge in [0.2, 0.25) is 5.91 Å². The van der Waals surface area contributed by atoms with Crippen LogP contribution < -0.4 is 10.6 Å². The van der Waals surface area contributed by atoms with E-state index in [1.54, 1.807) is 17.0 Å². The fourth-order valence-electron chi connectivity index (χ4n) is 2.73. The molecule has 0 unspecified atom stereocenters. The average Bonchev–Trinajstić information content (AvgIpc) is 2.67. The Morgan fingerprint density at radius 1 is 0.920 bits per heavy atom. The van der Waals surface area contributed by atoms with Gasteiger partial charge in [0.1, 0.15) is 0 Å². The minimum atomic E-state index is -0.224. The molecule has 5 nitrogen and oxygen atoms in total. The number of piperazine rings is 1. The summed E-state index contributed by atoms with van der Waals surface area (Å²) in [5.74, 6) is -0.260. The Kier molecular flexibility index (Phi) is 6.98. The Balaban J connectivity index is 0.00000225. The van der Waals surface area contributed by atoms with Crippen molar-refractivity contribution in [2.24, 2.45) is 0 Å². The molecule has 1 fully saturated rings. The summed E-state index contributed by atoms with van der Waals surface area (Å²) in [6.45, 7) is 3.04. The average molecular weight is 360 g/mol. The second-order valence-electron chi connectivity index (χ2n) is 5.76. The number of hydrogen-bond donors (Lipinski definition) is 2. The van der Waals surface area contributed by atoms with Crippen molar-refractivity contribution in [1.29, 1.82) is 0 Å². The zero-order valence-electron chi connectivity index (χ0n) is 13.9. The first kappa shape index (κ1) is 19.0. The maximum atomic E-state index is 12.2. The van der Waals surface area contributed by atoms with E-state index >= 15 is 0 Å². The fourth-order valence-corrected chi connectivity index (χ4v) is 2.73. The third-order valence-corrected chi connectivity index (χ3v) is 4.12. The largest absolute Gasteiger partial charge is 0.343 e. The highest BCUT2D eigenvalue weighted by atomic mass is 35.5. The molecule has 1 aliphatic heterocycles. The molecule has 2 aromatic rings. The van der Waals surface area contributed by atoms with Crippen LogP contribution in [0.1, 0.15) is 10.4 Å². The van der Waals surface area contributed by atoms with E-state index in [9.17, 15) is 9.59 Å². The van der Waals surface area contributed by atoms with E-state index in [2.05, 4.69) is 10.6 Å². The molecule has 6 heteroatoms. The lowest BCUT2D eigenvalue weighted by atomic mass is 10.0. The van der Waals surface area contributed by atoms with Gasteiger partial charge in [-0.25, -0.2) is 0 Å². The fraction of sp³-hybridized carbons (Fsp3) is 0.263. The number of hydrogen-bond acceptors (Lipinski definition) is 3. The Bertz CT molecular complexity index is 698. The van der Waals surface area contributed by atoms with Crippen molar-refractivity contribution in [2.75, 3.05) is 32.7 Å². The molecule has 1 saturated heterocycles. The third kappa shape index (κ3) is 5.05. The van der Waals surface area contributed by atoms with Crippen LogP contribution in [0.25, 0.3) is 11.1 Å². The number of carbonyl (C=O) groups is 2. The number of benzene rings is 2. The Morgan fingerprint density at radius 2 is 1.52 bits per heavy atom. The van der Waals surface area contributed by atoms with Crippen LogP contribution in [-0.2, 0) is 4.79 Å². The molecule has 0 atom stereocenters. The van der Waals surface area contributed by atoms with E-state index in [-0.39, 0.29) is 30.8 Å². The van der Waals surface area contributed by atoms with Crippen LogP contribution in [0, 0.1) is 0 Å². The molecule has 3 rings (SSSR count). The molecule has 25 heavy (non-hydrogen) atoms. The molecule has 0 aliphatic carbocycles. The predicted octanol–water partition coefficient (Wildman–Crippen LogP) is 1.94. The molecule has 132 valence electrons. The summed E-state index contributed by atoms with van der Waals surface area (Å²) in [4.78, 5) is 26.0. The molecule has 2 N–H and O–H groups in total. The second kappa shape index (κ2) is 9.20. The van der Waals surface area contributed by atoms with Gasteiger partial charge >= 0.3 is 0 Å². The van der Waals surface area contributed by atoms with E-state index in [1.807, 2.05) is 42.5 Å². The summed E-state index contributed by atoms with van der Waals surface area (Å²) < 4.78 is 0. The number of halogens is 1. The predicted molar refractivity (Wildman–Crippen MR) is 101 cm³/mol. The van der Waals surface area contributed by atoms with Crippen molar-refractivity contribution in [1.82, 2.24) is 15.5 Å². The molecule has 1 aliphatic rings. The number of amides is 2. The number of nitrogens with zero attached hydrogens (tertiary/aromatic N) is 1. The first-order valence-electron chi connectivity index (χ1n) is 8.16. The van der Waals surface area contributed by atoms with Gasteiger partial charge < -0.3 is 15.5 Å². The molecule has 0 saturated carbocycles. The van der Waals surface area contributed by atoms with Crippen LogP contribution in [0.3, 0.4) is 0 Å². The lowest BCUT2D eigenvalue weighted by Crippen LogP contribution is -2.49. The van der Waals surface area contributed by atoms with E-state index in [0.29, 0.717) is 18.7 Å². The molecule has 2 aromatic carbocycles. The van der Waals surface area contributed by atoms with Crippen molar-refractivity contribution in [3.63, 3.8) is 0 Å². The monoisotopic (exact) mass is 359 g/mol. The minimum Gasteiger partial charge on any atom is -0.343 e. The van der Waals surface area contributed by atoms with Crippen LogP contribution in [0.2, 0.25) is 0 Å². The van der Waals surface area contributed by atoms with Crippen molar-refractivity contribution in [3.05, 3.63) is 60.2 Å². The van der Waals surface area contributed by atoms with Crippen LogP contribution in [0.5, 0.6) is 0 Å². The van der Waals surface area contributed by atoms with Crippen LogP contribution >= 0.6 is 12.4 Å². The Morgan fingerprint density at radius 3 is 2.16 bits per heavy atom. The molecule has 2 amide bonds. The molecular formula is C19H22ClN3O2. The van der Waals surface area contributed by atoms with Crippen LogP contribution in [-0.4, -0.2) is 49.4 Å². The summed E-state index contributed by atoms with van der Waals surface area (Å²) in [6.07, 6.45) is 0. The summed E-state index contributed by atoms with van der Waals surface area (Å²) in [6, 6.07) is 17.4. The van der Waals surface area contributed by atoms with Gasteiger partial charge in [0, 0.05) is 31.7 Å². The topological polar surface area (TPSA) is 61.4 Å². The van der Waals surface area contributed by atoms with Crippen molar-refractivity contribution in [2.45, 2.75) is 0 Å². The van der Waals surface area contributed by atoms with E-state index < -0.39 is 0 Å². The van der Waals surface area contributed by atoms with Gasteiger partial charge in [-0.2, -0.15) is 0 Å². The minimum absolute atomic E-state index is 0. The van der Waals surface area contributed by atoms with Gasteiger partial charge in [0.25, 0.3) is 5.91 Å². The SMILES string of the molecule is Cl.O=C(NCC(=O)N1CCNCC1)c1ccc(-c2ccccc2)cc1. The Labute approximate surface area is 153 Å². The third-order valence-electron chi connectivity index (χ3n) is 4.12. The van der Waals surface area contributed by atoms with Gasteiger partial charge in [-0.15, -0.1) is 12.4 Å². The quantitative estimate of drug-likeness (QED) is 0.877. The van der Waals surface area contributed by atoms with Crippen LogP contribution in [0.15, 0.2) is 54.6 Å². The summed E-state index contributed by atoms with van der Waals surface area (Å²) in [5, 5.41) is 5.90. The van der Waals surface area contributed by atoms with Gasteiger partial charge in [0.05, 0.1) is 6.54 Å². The Hall–Kier alpha value is -2.37. The molecular weight excluding hydrogens is 338 g/mol. The number of carbonyl (C=O) groups excluding carboxylic acids is 2.